The number of hydrogen-bond donors (Lipinski definition) is 0. The van der Waals surface area contributed by atoms with Crippen molar-refractivity contribution >= 4 is 79.6 Å². The molecule has 0 bridgehead atoms. The highest BCUT2D eigenvalue weighted by Gasteiger charge is 2.17. The van der Waals surface area contributed by atoms with Gasteiger partial charge in [-0.3, -0.25) is 0 Å². The van der Waals surface area contributed by atoms with E-state index in [9.17, 15) is 0 Å². The summed E-state index contributed by atoms with van der Waals surface area (Å²) in [5.74, 6) is 0. The van der Waals surface area contributed by atoms with Crippen molar-refractivity contribution in [3.63, 3.8) is 0 Å². The molecule has 0 aliphatic rings. The fraction of sp³-hybridized carbons (Fsp3) is 0.333. The maximum atomic E-state index is 5.41. The van der Waals surface area contributed by atoms with E-state index in [1.54, 1.807) is 0 Å². The van der Waals surface area contributed by atoms with E-state index in [1.165, 1.54) is 0 Å². The third-order valence-electron chi connectivity index (χ3n) is 1.75. The van der Waals surface area contributed by atoms with Crippen LogP contribution in [-0.2, 0) is 11.3 Å². The van der Waals surface area contributed by atoms with Crippen molar-refractivity contribution in [2.24, 2.45) is 0 Å². The van der Waals surface area contributed by atoms with E-state index >= 15 is 0 Å². The highest BCUT2D eigenvalue weighted by molar-refractivity contribution is 9.15. The molecule has 0 atom stereocenters. The highest BCUT2D eigenvalue weighted by Crippen LogP contribution is 2.44. The molecule has 84 valence electrons. The fourth-order valence-electron chi connectivity index (χ4n) is 0.981. The fourth-order valence-corrected chi connectivity index (χ4v) is 4.34. The summed E-state index contributed by atoms with van der Waals surface area (Å²) in [7, 11) is 0. The van der Waals surface area contributed by atoms with Gasteiger partial charge in [0.05, 0.1) is 6.61 Å². The first-order valence-corrected chi connectivity index (χ1v) is 8.05. The van der Waals surface area contributed by atoms with Gasteiger partial charge in [0, 0.05) is 34.5 Å². The molecule has 0 aromatic heterocycles. The van der Waals surface area contributed by atoms with Crippen LogP contribution >= 0.6 is 79.6 Å². The van der Waals surface area contributed by atoms with E-state index in [2.05, 4.69) is 79.6 Å². The molecule has 1 aromatic rings. The van der Waals surface area contributed by atoms with Gasteiger partial charge in [-0.25, -0.2) is 0 Å². The van der Waals surface area contributed by atoms with E-state index in [1.807, 2.05) is 6.92 Å². The van der Waals surface area contributed by atoms with Crippen LogP contribution in [0.2, 0.25) is 0 Å². The zero-order valence-corrected chi connectivity index (χ0v) is 15.6. The van der Waals surface area contributed by atoms with E-state index in [0.29, 0.717) is 13.2 Å². The standard InChI is InChI=1S/C9H7Br5O/c1-2-15-3-4-5(10)7(12)9(14)8(13)6(4)11/h2-3H2,1H3. The van der Waals surface area contributed by atoms with Crippen LogP contribution in [0.15, 0.2) is 22.4 Å². The maximum absolute atomic E-state index is 5.41. The summed E-state index contributed by atoms with van der Waals surface area (Å²) in [5.41, 5.74) is 1.08. The summed E-state index contributed by atoms with van der Waals surface area (Å²) >= 11 is 17.6. The van der Waals surface area contributed by atoms with Crippen LogP contribution in [0.4, 0.5) is 0 Å². The molecule has 0 unspecified atom stereocenters. The Labute approximate surface area is 131 Å². The van der Waals surface area contributed by atoms with Crippen molar-refractivity contribution in [3.05, 3.63) is 27.9 Å². The van der Waals surface area contributed by atoms with Gasteiger partial charge in [-0.15, -0.1) is 0 Å². The summed E-state index contributed by atoms with van der Waals surface area (Å²) in [5, 5.41) is 0. The minimum atomic E-state index is 0.572. The number of benzene rings is 1. The van der Waals surface area contributed by atoms with Gasteiger partial charge in [0.1, 0.15) is 0 Å². The molecule has 1 aromatic carbocycles. The zero-order valence-electron chi connectivity index (χ0n) is 7.71. The number of hydrogen-bond acceptors (Lipinski definition) is 1. The molecule has 0 spiro atoms. The third-order valence-corrected chi connectivity index (χ3v) is 8.01. The van der Waals surface area contributed by atoms with Crippen LogP contribution in [-0.4, -0.2) is 6.61 Å². The molecular formula is C9H7Br5O. The summed E-state index contributed by atoms with van der Waals surface area (Å²) in [6.45, 7) is 3.25. The van der Waals surface area contributed by atoms with Gasteiger partial charge in [0.25, 0.3) is 0 Å². The van der Waals surface area contributed by atoms with Crippen LogP contribution in [0.25, 0.3) is 0 Å². The van der Waals surface area contributed by atoms with E-state index in [-0.39, 0.29) is 0 Å². The number of halogens is 5. The predicted octanol–water partition coefficient (Wildman–Crippen LogP) is 6.04. The van der Waals surface area contributed by atoms with Crippen LogP contribution in [0.3, 0.4) is 0 Å². The molecular weight excluding hydrogens is 524 g/mol. The van der Waals surface area contributed by atoms with Crippen molar-refractivity contribution in [3.8, 4) is 0 Å². The second-order valence-electron chi connectivity index (χ2n) is 2.69. The molecule has 1 nitrogen and oxygen atoms in total. The quantitative estimate of drug-likeness (QED) is 0.342. The lowest BCUT2D eigenvalue weighted by molar-refractivity contribution is 0.133. The van der Waals surface area contributed by atoms with Crippen molar-refractivity contribution in [2.75, 3.05) is 6.61 Å². The minimum Gasteiger partial charge on any atom is -0.377 e. The van der Waals surface area contributed by atoms with Crippen molar-refractivity contribution in [1.29, 1.82) is 0 Å². The topological polar surface area (TPSA) is 9.23 Å². The van der Waals surface area contributed by atoms with E-state index < -0.39 is 0 Å². The molecule has 0 saturated carbocycles. The average Bonchev–Trinajstić information content (AvgIpc) is 2.24. The van der Waals surface area contributed by atoms with Crippen LogP contribution in [0.1, 0.15) is 12.5 Å². The Balaban J connectivity index is 3.26. The van der Waals surface area contributed by atoms with Crippen molar-refractivity contribution < 1.29 is 4.74 Å². The van der Waals surface area contributed by atoms with Crippen LogP contribution in [0, 0.1) is 0 Å². The molecule has 0 aliphatic carbocycles. The first-order chi connectivity index (χ1) is 7.00. The Morgan fingerprint density at radius 3 is 1.60 bits per heavy atom. The Kier molecular flexibility index (Phi) is 6.34. The summed E-state index contributed by atoms with van der Waals surface area (Å²) in [6, 6.07) is 0. The SMILES string of the molecule is CCOCc1c(Br)c(Br)c(Br)c(Br)c1Br. The Morgan fingerprint density at radius 2 is 1.20 bits per heavy atom. The molecule has 0 radical (unpaired) electrons. The molecule has 0 amide bonds. The van der Waals surface area contributed by atoms with Gasteiger partial charge in [0.15, 0.2) is 0 Å². The first kappa shape index (κ1) is 14.6. The van der Waals surface area contributed by atoms with Gasteiger partial charge in [0.2, 0.25) is 0 Å². The number of ether oxygens (including phenoxy) is 1. The Morgan fingerprint density at radius 1 is 0.800 bits per heavy atom. The van der Waals surface area contributed by atoms with Gasteiger partial charge in [-0.1, -0.05) is 0 Å². The summed E-state index contributed by atoms with van der Waals surface area (Å²) in [6.07, 6.45) is 0. The smallest absolute Gasteiger partial charge is 0.0739 e. The molecule has 1 rings (SSSR count). The first-order valence-electron chi connectivity index (χ1n) is 4.08. The second-order valence-corrected chi connectivity index (χ2v) is 6.65. The Bertz CT molecular complexity index is 348. The minimum absolute atomic E-state index is 0.572. The normalized spacial score (nSPS) is 10.8. The van der Waals surface area contributed by atoms with Gasteiger partial charge in [-0.2, -0.15) is 0 Å². The lowest BCUT2D eigenvalue weighted by Crippen LogP contribution is -1.96. The monoisotopic (exact) mass is 526 g/mol. The third kappa shape index (κ3) is 3.28. The molecule has 0 fully saturated rings. The van der Waals surface area contributed by atoms with Gasteiger partial charge in [-0.05, 0) is 86.6 Å². The summed E-state index contributed by atoms with van der Waals surface area (Å²) < 4.78 is 10.3. The number of rotatable bonds is 3. The molecule has 0 saturated heterocycles. The van der Waals surface area contributed by atoms with Crippen molar-refractivity contribution in [1.82, 2.24) is 0 Å². The highest BCUT2D eigenvalue weighted by atomic mass is 79.9. The molecule has 0 heterocycles. The van der Waals surface area contributed by atoms with E-state index in [4.69, 9.17) is 4.74 Å². The molecule has 0 N–H and O–H groups in total. The van der Waals surface area contributed by atoms with Crippen molar-refractivity contribution in [2.45, 2.75) is 13.5 Å². The molecule has 6 heteroatoms. The molecule has 15 heavy (non-hydrogen) atoms. The summed E-state index contributed by atoms with van der Waals surface area (Å²) in [4.78, 5) is 0. The maximum Gasteiger partial charge on any atom is 0.0739 e. The van der Waals surface area contributed by atoms with Gasteiger partial charge < -0.3 is 4.74 Å². The molecule has 0 aliphatic heterocycles. The average molecular weight is 531 g/mol. The zero-order chi connectivity index (χ0) is 11.6. The lowest BCUT2D eigenvalue weighted by atomic mass is 10.2. The van der Waals surface area contributed by atoms with Gasteiger partial charge >= 0.3 is 0 Å². The Hall–Kier alpha value is 1.58. The predicted molar refractivity (Wildman–Crippen MR) is 80.3 cm³/mol. The largest absolute Gasteiger partial charge is 0.377 e. The van der Waals surface area contributed by atoms with Crippen LogP contribution < -0.4 is 0 Å². The second kappa shape index (κ2) is 6.50. The van der Waals surface area contributed by atoms with Crippen LogP contribution in [0.5, 0.6) is 0 Å². The lowest BCUT2D eigenvalue weighted by Gasteiger charge is -2.13. The van der Waals surface area contributed by atoms with E-state index in [0.717, 1.165) is 27.9 Å².